The van der Waals surface area contributed by atoms with Gasteiger partial charge in [0, 0.05) is 12.8 Å². The Morgan fingerprint density at radius 3 is 1.37 bits per heavy atom. The van der Waals surface area contributed by atoms with Gasteiger partial charge in [-0.2, -0.15) is 10.2 Å². The van der Waals surface area contributed by atoms with Gasteiger partial charge in [-0.15, -0.1) is 0 Å². The highest BCUT2D eigenvalue weighted by Crippen LogP contribution is 2.06. The molecule has 0 unspecified atom stereocenters. The molecule has 0 aliphatic carbocycles. The Kier molecular flexibility index (Phi) is 11.3. The number of nitrogens with one attached hydrogen (secondary N) is 2. The van der Waals surface area contributed by atoms with E-state index in [2.05, 4.69) is 30.5 Å². The Hall–Kier alpha value is -4.34. The summed E-state index contributed by atoms with van der Waals surface area (Å²) in [6, 6.07) is 13.2. The first-order chi connectivity index (χ1) is 16.9. The molecule has 2 aromatic rings. The Balaban J connectivity index is 1.57. The van der Waals surface area contributed by atoms with Crippen molar-refractivity contribution in [3.8, 4) is 0 Å². The molecule has 0 saturated carbocycles. The monoisotopic (exact) mass is 480 g/mol. The van der Waals surface area contributed by atoms with Gasteiger partial charge in [-0.05, 0) is 48.2 Å². The molecule has 2 aromatic carbocycles. The predicted molar refractivity (Wildman–Crippen MR) is 130 cm³/mol. The number of nitrogens with zero attached hydrogens (tertiary/aromatic N) is 2. The van der Waals surface area contributed by atoms with Crippen LogP contribution in [0.25, 0.3) is 0 Å². The van der Waals surface area contributed by atoms with Gasteiger partial charge < -0.3 is 9.47 Å². The van der Waals surface area contributed by atoms with E-state index in [-0.39, 0.29) is 11.8 Å². The number of ether oxygens (including phenoxy) is 2. The van der Waals surface area contributed by atoms with Crippen LogP contribution in [0, 0.1) is 0 Å². The lowest BCUT2D eigenvalue weighted by Crippen LogP contribution is -2.18. The first-order valence-electron chi connectivity index (χ1n) is 10.9. The predicted octanol–water partition coefficient (Wildman–Crippen LogP) is 2.81. The van der Waals surface area contributed by atoms with Gasteiger partial charge in [-0.1, -0.05) is 30.7 Å². The maximum absolute atomic E-state index is 11.9. The summed E-state index contributed by atoms with van der Waals surface area (Å²) in [5.41, 5.74) is 7.22. The van der Waals surface area contributed by atoms with Crippen molar-refractivity contribution in [2.75, 3.05) is 14.2 Å². The highest BCUT2D eigenvalue weighted by atomic mass is 16.5. The Bertz CT molecular complexity index is 977. The molecule has 0 spiro atoms. The molecule has 0 bridgehead atoms. The van der Waals surface area contributed by atoms with Crippen molar-refractivity contribution >= 4 is 36.2 Å². The molecule has 2 rings (SSSR count). The lowest BCUT2D eigenvalue weighted by atomic mass is 10.1. The summed E-state index contributed by atoms with van der Waals surface area (Å²) in [5, 5.41) is 7.79. The van der Waals surface area contributed by atoms with Gasteiger partial charge in [-0.25, -0.2) is 20.4 Å². The first kappa shape index (κ1) is 26.9. The summed E-state index contributed by atoms with van der Waals surface area (Å²) in [7, 11) is 2.63. The van der Waals surface area contributed by atoms with E-state index in [1.165, 1.54) is 26.6 Å². The van der Waals surface area contributed by atoms with Crippen molar-refractivity contribution in [3.05, 3.63) is 70.8 Å². The molecule has 0 heterocycles. The van der Waals surface area contributed by atoms with Gasteiger partial charge in [-0.3, -0.25) is 9.59 Å². The molecule has 35 heavy (non-hydrogen) atoms. The highest BCUT2D eigenvalue weighted by Gasteiger charge is 2.05. The SMILES string of the molecule is COC(=O)c1ccc(/C=N/NC(=O)CCCCCC(=O)N/N=C/c2ccc(C(=O)OC)cc2)cc1. The van der Waals surface area contributed by atoms with Crippen molar-refractivity contribution in [2.24, 2.45) is 10.2 Å². The third-order valence-corrected chi connectivity index (χ3v) is 4.78. The number of hydrogen-bond donors (Lipinski definition) is 2. The minimum Gasteiger partial charge on any atom is -0.465 e. The van der Waals surface area contributed by atoms with Crippen molar-refractivity contribution in [1.29, 1.82) is 0 Å². The van der Waals surface area contributed by atoms with Gasteiger partial charge in [0.05, 0.1) is 37.8 Å². The van der Waals surface area contributed by atoms with Crippen LogP contribution in [0.3, 0.4) is 0 Å². The summed E-state index contributed by atoms with van der Waals surface area (Å²) in [6.45, 7) is 0. The van der Waals surface area contributed by atoms with Gasteiger partial charge in [0.1, 0.15) is 0 Å². The number of methoxy groups -OCH3 is 2. The number of benzene rings is 2. The molecule has 0 aliphatic rings. The van der Waals surface area contributed by atoms with Crippen LogP contribution in [0.2, 0.25) is 0 Å². The van der Waals surface area contributed by atoms with E-state index in [0.29, 0.717) is 43.2 Å². The summed E-state index contributed by atoms with van der Waals surface area (Å²) in [4.78, 5) is 46.5. The van der Waals surface area contributed by atoms with Crippen LogP contribution < -0.4 is 10.9 Å². The maximum Gasteiger partial charge on any atom is 0.337 e. The van der Waals surface area contributed by atoms with Crippen LogP contribution in [-0.4, -0.2) is 50.4 Å². The van der Waals surface area contributed by atoms with E-state index in [1.807, 2.05) is 0 Å². The molecule has 10 heteroatoms. The van der Waals surface area contributed by atoms with Crippen LogP contribution in [0.1, 0.15) is 63.9 Å². The Morgan fingerprint density at radius 1 is 0.657 bits per heavy atom. The minimum absolute atomic E-state index is 0.222. The molecule has 0 aromatic heterocycles. The standard InChI is InChI=1S/C25H28N4O6/c1-34-24(32)20-12-8-18(9-13-20)16-26-28-22(30)6-4-3-5-7-23(31)29-27-17-19-10-14-21(15-11-19)25(33)35-2/h8-17H,3-7H2,1-2H3,(H,28,30)(H,29,31)/b26-16+,27-17+. The fourth-order valence-electron chi connectivity index (χ4n) is 2.86. The Morgan fingerprint density at radius 2 is 1.03 bits per heavy atom. The van der Waals surface area contributed by atoms with E-state index < -0.39 is 11.9 Å². The van der Waals surface area contributed by atoms with Crippen LogP contribution in [-0.2, 0) is 19.1 Å². The lowest BCUT2D eigenvalue weighted by Gasteiger charge is -2.02. The zero-order valence-corrected chi connectivity index (χ0v) is 19.7. The molecular weight excluding hydrogens is 452 g/mol. The number of carbonyl (C=O) groups is 4. The fraction of sp³-hybridized carbons (Fsp3) is 0.280. The average Bonchev–Trinajstić information content (AvgIpc) is 2.88. The van der Waals surface area contributed by atoms with E-state index in [4.69, 9.17) is 0 Å². The van der Waals surface area contributed by atoms with Gasteiger partial charge in [0.2, 0.25) is 11.8 Å². The second kappa shape index (κ2) is 14.7. The number of rotatable bonds is 12. The smallest absolute Gasteiger partial charge is 0.337 e. The van der Waals surface area contributed by atoms with Crippen LogP contribution in [0.5, 0.6) is 0 Å². The summed E-state index contributed by atoms with van der Waals surface area (Å²) in [6.07, 6.45) is 5.50. The molecule has 2 amide bonds. The fourth-order valence-corrected chi connectivity index (χ4v) is 2.86. The van der Waals surface area contributed by atoms with Crippen molar-refractivity contribution in [1.82, 2.24) is 10.9 Å². The van der Waals surface area contributed by atoms with Crippen LogP contribution in [0.15, 0.2) is 58.7 Å². The highest BCUT2D eigenvalue weighted by molar-refractivity contribution is 5.91. The zero-order valence-electron chi connectivity index (χ0n) is 19.7. The van der Waals surface area contributed by atoms with Crippen molar-refractivity contribution in [3.63, 3.8) is 0 Å². The molecule has 184 valence electrons. The van der Waals surface area contributed by atoms with E-state index in [9.17, 15) is 19.2 Å². The van der Waals surface area contributed by atoms with Gasteiger partial charge in [0.25, 0.3) is 0 Å². The number of amides is 2. The van der Waals surface area contributed by atoms with Crippen molar-refractivity contribution < 1.29 is 28.7 Å². The van der Waals surface area contributed by atoms with Crippen molar-refractivity contribution in [2.45, 2.75) is 32.1 Å². The molecule has 0 radical (unpaired) electrons. The third-order valence-electron chi connectivity index (χ3n) is 4.78. The van der Waals surface area contributed by atoms with Crippen LogP contribution >= 0.6 is 0 Å². The molecular formula is C25H28N4O6. The number of unbranched alkanes of at least 4 members (excludes halogenated alkanes) is 2. The number of hydrogen-bond acceptors (Lipinski definition) is 8. The molecule has 0 aliphatic heterocycles. The zero-order chi connectivity index (χ0) is 25.5. The molecule has 0 saturated heterocycles. The summed E-state index contributed by atoms with van der Waals surface area (Å²) in [5.74, 6) is -1.29. The summed E-state index contributed by atoms with van der Waals surface area (Å²) < 4.78 is 9.27. The first-order valence-corrected chi connectivity index (χ1v) is 10.9. The lowest BCUT2D eigenvalue weighted by molar-refractivity contribution is -0.121. The van der Waals surface area contributed by atoms with E-state index in [0.717, 1.165) is 11.1 Å². The van der Waals surface area contributed by atoms with Gasteiger partial charge >= 0.3 is 11.9 Å². The quantitative estimate of drug-likeness (QED) is 0.208. The number of hydrazone groups is 2. The number of carbonyl (C=O) groups excluding carboxylic acids is 4. The van der Waals surface area contributed by atoms with Gasteiger partial charge in [0.15, 0.2) is 0 Å². The maximum atomic E-state index is 11.9. The summed E-state index contributed by atoms with van der Waals surface area (Å²) >= 11 is 0. The van der Waals surface area contributed by atoms with E-state index in [1.54, 1.807) is 48.5 Å². The van der Waals surface area contributed by atoms with E-state index >= 15 is 0 Å². The minimum atomic E-state index is -0.420. The average molecular weight is 481 g/mol. The second-order valence-corrected chi connectivity index (χ2v) is 7.37. The second-order valence-electron chi connectivity index (χ2n) is 7.37. The molecule has 2 N–H and O–H groups in total. The molecule has 0 fully saturated rings. The molecule has 0 atom stereocenters. The topological polar surface area (TPSA) is 136 Å². The third kappa shape index (κ3) is 9.99. The normalized spacial score (nSPS) is 10.8. The van der Waals surface area contributed by atoms with Crippen LogP contribution in [0.4, 0.5) is 0 Å². The molecule has 10 nitrogen and oxygen atoms in total. The largest absolute Gasteiger partial charge is 0.465 e. The number of esters is 2. The Labute approximate surface area is 203 Å².